The standard InChI is InChI=1S/C12H13BrClNO/c1-8-4-9-2-3-15(12(16)6-14)7-10(9)11(13)5-8/h4-5H,2-3,6-7H2,1H3. The van der Waals surface area contributed by atoms with Gasteiger partial charge in [-0.2, -0.15) is 0 Å². The molecular formula is C12H13BrClNO. The van der Waals surface area contributed by atoms with E-state index >= 15 is 0 Å². The molecule has 1 aromatic rings. The zero-order chi connectivity index (χ0) is 11.7. The highest BCUT2D eigenvalue weighted by Gasteiger charge is 2.21. The fraction of sp³-hybridized carbons (Fsp3) is 0.417. The van der Waals surface area contributed by atoms with Crippen LogP contribution in [0.15, 0.2) is 16.6 Å². The Morgan fingerprint density at radius 2 is 2.31 bits per heavy atom. The zero-order valence-electron chi connectivity index (χ0n) is 9.09. The van der Waals surface area contributed by atoms with Crippen molar-refractivity contribution in [1.82, 2.24) is 4.90 Å². The molecule has 0 bridgehead atoms. The lowest BCUT2D eigenvalue weighted by molar-refractivity contribution is -0.129. The van der Waals surface area contributed by atoms with Crippen molar-refractivity contribution in [2.24, 2.45) is 0 Å². The molecule has 0 spiro atoms. The van der Waals surface area contributed by atoms with Crippen LogP contribution in [0.4, 0.5) is 0 Å². The zero-order valence-corrected chi connectivity index (χ0v) is 11.4. The molecule has 0 radical (unpaired) electrons. The van der Waals surface area contributed by atoms with E-state index in [9.17, 15) is 4.79 Å². The molecule has 0 unspecified atom stereocenters. The van der Waals surface area contributed by atoms with Gasteiger partial charge in [-0.1, -0.05) is 22.0 Å². The molecule has 1 aliphatic rings. The van der Waals surface area contributed by atoms with Crippen LogP contribution in [0.2, 0.25) is 0 Å². The number of carbonyl (C=O) groups excluding carboxylic acids is 1. The van der Waals surface area contributed by atoms with E-state index in [1.165, 1.54) is 16.7 Å². The summed E-state index contributed by atoms with van der Waals surface area (Å²) >= 11 is 9.13. The van der Waals surface area contributed by atoms with Gasteiger partial charge in [-0.3, -0.25) is 4.79 Å². The molecule has 2 nitrogen and oxygen atoms in total. The first-order valence-electron chi connectivity index (χ1n) is 5.23. The van der Waals surface area contributed by atoms with Crippen LogP contribution in [0.5, 0.6) is 0 Å². The minimum absolute atomic E-state index is 0.0137. The normalized spacial score (nSPS) is 14.8. The quantitative estimate of drug-likeness (QED) is 0.731. The summed E-state index contributed by atoms with van der Waals surface area (Å²) in [7, 11) is 0. The van der Waals surface area contributed by atoms with Crippen LogP contribution >= 0.6 is 27.5 Å². The van der Waals surface area contributed by atoms with E-state index in [-0.39, 0.29) is 11.8 Å². The van der Waals surface area contributed by atoms with Crippen molar-refractivity contribution >= 4 is 33.4 Å². The summed E-state index contributed by atoms with van der Waals surface area (Å²) in [6.07, 6.45) is 0.915. The number of benzene rings is 1. The number of amides is 1. The smallest absolute Gasteiger partial charge is 0.237 e. The summed E-state index contributed by atoms with van der Waals surface area (Å²) in [5, 5.41) is 0. The van der Waals surface area contributed by atoms with E-state index < -0.39 is 0 Å². The molecule has 1 aliphatic heterocycles. The first-order valence-corrected chi connectivity index (χ1v) is 6.56. The van der Waals surface area contributed by atoms with Crippen LogP contribution in [0, 0.1) is 6.92 Å². The predicted molar refractivity (Wildman–Crippen MR) is 68.7 cm³/mol. The summed E-state index contributed by atoms with van der Waals surface area (Å²) in [6.45, 7) is 3.53. The van der Waals surface area contributed by atoms with Gasteiger partial charge in [-0.15, -0.1) is 11.6 Å². The van der Waals surface area contributed by atoms with Gasteiger partial charge in [-0.25, -0.2) is 0 Å². The lowest BCUT2D eigenvalue weighted by Gasteiger charge is -2.29. The number of rotatable bonds is 1. The van der Waals surface area contributed by atoms with Crippen molar-refractivity contribution < 1.29 is 4.79 Å². The minimum atomic E-state index is 0.0137. The maximum absolute atomic E-state index is 11.5. The van der Waals surface area contributed by atoms with Crippen molar-refractivity contribution in [3.63, 3.8) is 0 Å². The lowest BCUT2D eigenvalue weighted by Crippen LogP contribution is -2.36. The summed E-state index contributed by atoms with van der Waals surface area (Å²) in [4.78, 5) is 13.3. The number of hydrogen-bond acceptors (Lipinski definition) is 1. The Morgan fingerprint density at radius 1 is 1.56 bits per heavy atom. The van der Waals surface area contributed by atoms with Crippen molar-refractivity contribution in [2.45, 2.75) is 19.9 Å². The molecule has 4 heteroatoms. The van der Waals surface area contributed by atoms with Gasteiger partial charge in [0.25, 0.3) is 0 Å². The predicted octanol–water partition coefficient (Wildman–Crippen LogP) is 2.88. The SMILES string of the molecule is Cc1cc(Br)c2c(c1)CCN(C(=O)CCl)C2. The molecule has 0 aliphatic carbocycles. The summed E-state index contributed by atoms with van der Waals surface area (Å²) in [5.41, 5.74) is 3.81. The van der Waals surface area contributed by atoms with E-state index in [4.69, 9.17) is 11.6 Å². The topological polar surface area (TPSA) is 20.3 Å². The Kier molecular flexibility index (Phi) is 3.55. The average Bonchev–Trinajstić information content (AvgIpc) is 2.27. The Balaban J connectivity index is 2.30. The second-order valence-electron chi connectivity index (χ2n) is 4.08. The van der Waals surface area contributed by atoms with Crippen LogP contribution in [-0.4, -0.2) is 23.2 Å². The van der Waals surface area contributed by atoms with Crippen LogP contribution in [-0.2, 0) is 17.8 Å². The third-order valence-corrected chi connectivity index (χ3v) is 3.84. The van der Waals surface area contributed by atoms with Crippen molar-refractivity contribution in [3.05, 3.63) is 33.3 Å². The van der Waals surface area contributed by atoms with Gasteiger partial charge >= 0.3 is 0 Å². The molecular weight excluding hydrogens is 289 g/mol. The van der Waals surface area contributed by atoms with Crippen LogP contribution in [0.25, 0.3) is 0 Å². The molecule has 0 atom stereocenters. The van der Waals surface area contributed by atoms with E-state index in [0.29, 0.717) is 6.54 Å². The summed E-state index contributed by atoms with van der Waals surface area (Å²) in [6, 6.07) is 4.29. The Hall–Kier alpha value is -0.540. The van der Waals surface area contributed by atoms with Crippen LogP contribution in [0.3, 0.4) is 0 Å². The van der Waals surface area contributed by atoms with Gasteiger partial charge in [0, 0.05) is 17.6 Å². The molecule has 16 heavy (non-hydrogen) atoms. The number of alkyl halides is 1. The fourth-order valence-electron chi connectivity index (χ4n) is 2.07. The van der Waals surface area contributed by atoms with Gasteiger partial charge in [0.2, 0.25) is 5.91 Å². The number of halogens is 2. The number of hydrogen-bond donors (Lipinski definition) is 0. The van der Waals surface area contributed by atoms with E-state index in [0.717, 1.165) is 17.4 Å². The van der Waals surface area contributed by atoms with Crippen LogP contribution < -0.4 is 0 Å². The first kappa shape index (κ1) is 11.9. The highest BCUT2D eigenvalue weighted by molar-refractivity contribution is 9.10. The van der Waals surface area contributed by atoms with Gasteiger partial charge in [0.05, 0.1) is 0 Å². The van der Waals surface area contributed by atoms with Crippen LogP contribution in [0.1, 0.15) is 16.7 Å². The molecule has 0 saturated heterocycles. The van der Waals surface area contributed by atoms with E-state index in [1.54, 1.807) is 0 Å². The fourth-order valence-corrected chi connectivity index (χ4v) is 2.98. The molecule has 2 rings (SSSR count). The maximum atomic E-state index is 11.5. The van der Waals surface area contributed by atoms with Gasteiger partial charge in [0.1, 0.15) is 5.88 Å². The van der Waals surface area contributed by atoms with E-state index in [1.807, 2.05) is 4.90 Å². The molecule has 0 fully saturated rings. The van der Waals surface area contributed by atoms with Crippen molar-refractivity contribution in [2.75, 3.05) is 12.4 Å². The van der Waals surface area contributed by atoms with E-state index in [2.05, 4.69) is 35.0 Å². The second-order valence-corrected chi connectivity index (χ2v) is 5.20. The second kappa shape index (κ2) is 4.76. The minimum Gasteiger partial charge on any atom is -0.337 e. The molecule has 1 aromatic carbocycles. The summed E-state index contributed by atoms with van der Waals surface area (Å²) in [5.74, 6) is 0.0820. The van der Waals surface area contributed by atoms with Gasteiger partial charge in [0.15, 0.2) is 0 Å². The van der Waals surface area contributed by atoms with Crippen molar-refractivity contribution in [3.8, 4) is 0 Å². The third-order valence-electron chi connectivity index (χ3n) is 2.90. The molecule has 1 amide bonds. The average molecular weight is 303 g/mol. The Bertz CT molecular complexity index is 433. The molecule has 86 valence electrons. The highest BCUT2D eigenvalue weighted by Crippen LogP contribution is 2.28. The highest BCUT2D eigenvalue weighted by atomic mass is 79.9. The Morgan fingerprint density at radius 3 is 3.00 bits per heavy atom. The van der Waals surface area contributed by atoms with Gasteiger partial charge < -0.3 is 4.90 Å². The Labute approximate surface area is 109 Å². The number of carbonyl (C=O) groups is 1. The third kappa shape index (κ3) is 2.25. The summed E-state index contributed by atoms with van der Waals surface area (Å²) < 4.78 is 1.09. The monoisotopic (exact) mass is 301 g/mol. The largest absolute Gasteiger partial charge is 0.337 e. The molecule has 0 N–H and O–H groups in total. The molecule has 0 saturated carbocycles. The first-order chi connectivity index (χ1) is 7.61. The molecule has 1 heterocycles. The van der Waals surface area contributed by atoms with Gasteiger partial charge in [-0.05, 0) is 36.1 Å². The lowest BCUT2D eigenvalue weighted by atomic mass is 9.98. The maximum Gasteiger partial charge on any atom is 0.237 e. The number of aryl methyl sites for hydroxylation is 1. The number of fused-ring (bicyclic) bond motifs is 1. The molecule has 0 aromatic heterocycles. The van der Waals surface area contributed by atoms with Crippen molar-refractivity contribution in [1.29, 1.82) is 0 Å². The number of nitrogens with zero attached hydrogens (tertiary/aromatic N) is 1.